The van der Waals surface area contributed by atoms with Gasteiger partial charge in [0.1, 0.15) is 0 Å². The summed E-state index contributed by atoms with van der Waals surface area (Å²) < 4.78 is 16.9. The van der Waals surface area contributed by atoms with E-state index in [9.17, 15) is 9.90 Å². The fraction of sp³-hybridized carbons (Fsp3) is 0.435. The van der Waals surface area contributed by atoms with E-state index in [-0.39, 0.29) is 37.0 Å². The smallest absolute Gasteiger partial charge is 0.332 e. The summed E-state index contributed by atoms with van der Waals surface area (Å²) in [5.41, 5.74) is 2.86. The van der Waals surface area contributed by atoms with Gasteiger partial charge in [0.05, 0.1) is 24.7 Å². The first kappa shape index (κ1) is 18.6. The predicted octanol–water partition coefficient (Wildman–Crippen LogP) is 1.53. The molecule has 0 amide bonds. The number of rotatable bonds is 4. The van der Waals surface area contributed by atoms with Crippen LogP contribution in [0.4, 0.5) is 0 Å². The van der Waals surface area contributed by atoms with Gasteiger partial charge in [-0.15, -0.1) is 0 Å². The van der Waals surface area contributed by atoms with E-state index >= 15 is 0 Å². The van der Waals surface area contributed by atoms with Crippen LogP contribution in [0.2, 0.25) is 0 Å². The largest absolute Gasteiger partial charge is 0.447 e. The molecule has 1 aromatic rings. The molecule has 0 bridgehead atoms. The number of esters is 1. The molecule has 1 aliphatic carbocycles. The average Bonchev–Trinajstić information content (AvgIpc) is 3.36. The molecule has 150 valence electrons. The number of nitrogens with zero attached hydrogens (tertiary/aromatic N) is 1. The Morgan fingerprint density at radius 1 is 1.24 bits per heavy atom. The molecule has 2 saturated heterocycles. The highest BCUT2D eigenvalue weighted by Crippen LogP contribution is 2.60. The fourth-order valence-corrected chi connectivity index (χ4v) is 5.35. The van der Waals surface area contributed by atoms with Crippen molar-refractivity contribution in [2.75, 3.05) is 14.2 Å². The summed E-state index contributed by atoms with van der Waals surface area (Å²) >= 11 is 0. The first-order valence-electron chi connectivity index (χ1n) is 9.84. The van der Waals surface area contributed by atoms with Crippen LogP contribution in [-0.2, 0) is 25.6 Å². The van der Waals surface area contributed by atoms with E-state index in [4.69, 9.17) is 14.2 Å². The highest BCUT2D eigenvalue weighted by Gasteiger charge is 2.73. The zero-order chi connectivity index (χ0) is 20.2. The van der Waals surface area contributed by atoms with E-state index in [0.717, 1.165) is 35.1 Å². The third kappa shape index (κ3) is 2.55. The van der Waals surface area contributed by atoms with Crippen molar-refractivity contribution in [1.82, 2.24) is 4.90 Å². The summed E-state index contributed by atoms with van der Waals surface area (Å²) in [6.45, 7) is 0.0116. The molecule has 0 radical (unpaired) electrons. The van der Waals surface area contributed by atoms with E-state index in [1.807, 2.05) is 24.3 Å². The topological polar surface area (TPSA) is 68.2 Å². The van der Waals surface area contributed by atoms with Gasteiger partial charge in [-0.2, -0.15) is 0 Å². The molecule has 29 heavy (non-hydrogen) atoms. The second-order valence-corrected chi connectivity index (χ2v) is 7.85. The van der Waals surface area contributed by atoms with Gasteiger partial charge >= 0.3 is 5.97 Å². The molecule has 0 aromatic heterocycles. The van der Waals surface area contributed by atoms with Crippen LogP contribution in [-0.4, -0.2) is 60.2 Å². The van der Waals surface area contributed by atoms with Crippen LogP contribution >= 0.6 is 0 Å². The van der Waals surface area contributed by atoms with Gasteiger partial charge in [0.25, 0.3) is 0 Å². The van der Waals surface area contributed by atoms with E-state index in [2.05, 4.69) is 22.8 Å². The predicted molar refractivity (Wildman–Crippen MR) is 104 cm³/mol. The van der Waals surface area contributed by atoms with Gasteiger partial charge in [-0.1, -0.05) is 24.0 Å². The first-order chi connectivity index (χ1) is 14.1. The van der Waals surface area contributed by atoms with E-state index in [1.54, 1.807) is 20.3 Å². The number of aliphatic hydroxyl groups is 1. The lowest BCUT2D eigenvalue weighted by Crippen LogP contribution is -2.75. The Bertz CT molecular complexity index is 965. The zero-order valence-electron chi connectivity index (χ0n) is 16.4. The Hall–Kier alpha value is -2.43. The van der Waals surface area contributed by atoms with Crippen molar-refractivity contribution < 1.29 is 24.1 Å². The lowest BCUT2D eigenvalue weighted by molar-refractivity contribution is -0.212. The van der Waals surface area contributed by atoms with Crippen molar-refractivity contribution >= 4 is 5.97 Å². The van der Waals surface area contributed by atoms with Gasteiger partial charge in [0.15, 0.2) is 11.9 Å². The van der Waals surface area contributed by atoms with Crippen molar-refractivity contribution in [2.45, 2.75) is 49.5 Å². The Balaban J connectivity index is 1.47. The lowest BCUT2D eigenvalue weighted by Gasteiger charge is -2.57. The summed E-state index contributed by atoms with van der Waals surface area (Å²) in [4.78, 5) is 14.5. The molecule has 5 rings (SSSR count). The third-order valence-corrected chi connectivity index (χ3v) is 6.56. The normalized spacial score (nSPS) is 31.9. The molecular formula is C23H23NO5. The van der Waals surface area contributed by atoms with Gasteiger partial charge in [-0.3, -0.25) is 4.90 Å². The van der Waals surface area contributed by atoms with Crippen LogP contribution in [0.1, 0.15) is 24.0 Å². The second-order valence-electron chi connectivity index (χ2n) is 7.85. The molecule has 3 heterocycles. The third-order valence-electron chi connectivity index (χ3n) is 6.56. The van der Waals surface area contributed by atoms with E-state index in [1.165, 1.54) is 0 Å². The summed E-state index contributed by atoms with van der Waals surface area (Å²) in [5.74, 6) is 6.13. The Morgan fingerprint density at radius 2 is 2.00 bits per heavy atom. The SMILES string of the molecule is COC(OC)[C@H]1CC[C@H]2N1C1C=C(C#Cc3ccc(CO)cc3)C3=CC(=O)O[C@]312. The van der Waals surface area contributed by atoms with Gasteiger partial charge in [-0.25, -0.2) is 4.79 Å². The van der Waals surface area contributed by atoms with Crippen LogP contribution in [0.5, 0.6) is 0 Å². The summed E-state index contributed by atoms with van der Waals surface area (Å²) in [5, 5.41) is 9.18. The summed E-state index contributed by atoms with van der Waals surface area (Å²) in [6.07, 6.45) is 5.27. The van der Waals surface area contributed by atoms with Gasteiger partial charge in [-0.05, 0) is 36.6 Å². The average molecular weight is 393 g/mol. The highest BCUT2D eigenvalue weighted by molar-refractivity contribution is 5.91. The van der Waals surface area contributed by atoms with E-state index < -0.39 is 5.60 Å². The number of aliphatic hydroxyl groups excluding tert-OH is 1. The Morgan fingerprint density at radius 3 is 2.69 bits per heavy atom. The molecule has 4 atom stereocenters. The number of methoxy groups -OCH3 is 2. The second kappa shape index (κ2) is 6.82. The quantitative estimate of drug-likeness (QED) is 0.475. The highest BCUT2D eigenvalue weighted by atomic mass is 16.7. The molecule has 1 unspecified atom stereocenters. The van der Waals surface area contributed by atoms with Crippen molar-refractivity contribution in [3.63, 3.8) is 0 Å². The molecule has 6 heteroatoms. The van der Waals surface area contributed by atoms with Crippen molar-refractivity contribution in [3.8, 4) is 11.8 Å². The lowest BCUT2D eigenvalue weighted by atomic mass is 9.74. The number of hydrogen-bond acceptors (Lipinski definition) is 6. The molecule has 1 N–H and O–H groups in total. The molecule has 0 saturated carbocycles. The molecule has 1 spiro atoms. The number of carbonyl (C=O) groups excluding carboxylic acids is 1. The summed E-state index contributed by atoms with van der Waals surface area (Å²) in [7, 11) is 3.31. The first-order valence-corrected chi connectivity index (χ1v) is 9.84. The van der Waals surface area contributed by atoms with E-state index in [0.29, 0.717) is 0 Å². The van der Waals surface area contributed by atoms with Crippen LogP contribution in [0.15, 0.2) is 47.6 Å². The molecule has 4 aliphatic rings. The number of benzene rings is 1. The maximum absolute atomic E-state index is 12.2. The molecule has 6 nitrogen and oxygen atoms in total. The van der Waals surface area contributed by atoms with Crippen molar-refractivity contribution in [2.24, 2.45) is 0 Å². The summed E-state index contributed by atoms with van der Waals surface area (Å²) in [6, 6.07) is 7.71. The van der Waals surface area contributed by atoms with Gasteiger partial charge < -0.3 is 19.3 Å². The number of carbonyl (C=O) groups is 1. The van der Waals surface area contributed by atoms with Crippen LogP contribution in [0.3, 0.4) is 0 Å². The van der Waals surface area contributed by atoms with Crippen molar-refractivity contribution in [1.29, 1.82) is 0 Å². The van der Waals surface area contributed by atoms with Crippen molar-refractivity contribution in [3.05, 3.63) is 58.7 Å². The fourth-order valence-electron chi connectivity index (χ4n) is 5.35. The Labute approximate surface area is 169 Å². The minimum Gasteiger partial charge on any atom is -0.447 e. The van der Waals surface area contributed by atoms with Gasteiger partial charge in [0, 0.05) is 37.0 Å². The molecular weight excluding hydrogens is 370 g/mol. The molecule has 3 aliphatic heterocycles. The maximum atomic E-state index is 12.2. The Kier molecular flexibility index (Phi) is 4.37. The minimum atomic E-state index is -0.609. The van der Waals surface area contributed by atoms with Crippen LogP contribution < -0.4 is 0 Å². The monoisotopic (exact) mass is 393 g/mol. The standard InChI is InChI=1S/C23H23NO5/c1-27-22(28-2)18-9-10-19-23-17(12-21(26)29-23)16(11-20(23)24(18)19)8-7-14-3-5-15(13-25)6-4-14/h3-6,11-12,18-20,22,25H,9-10,13H2,1-2H3/t18-,19-,20?,23+/m1/s1. The molecule has 1 aromatic carbocycles. The van der Waals surface area contributed by atoms with Gasteiger partial charge in [0.2, 0.25) is 0 Å². The number of fused-ring (bicyclic) bond motifs is 2. The van der Waals surface area contributed by atoms with Crippen LogP contribution in [0.25, 0.3) is 0 Å². The maximum Gasteiger partial charge on any atom is 0.332 e. The molecule has 2 fully saturated rings. The van der Waals surface area contributed by atoms with Crippen LogP contribution in [0, 0.1) is 11.8 Å². The number of ether oxygens (including phenoxy) is 3. The number of hydrogen-bond donors (Lipinski definition) is 1. The zero-order valence-corrected chi connectivity index (χ0v) is 16.4. The minimum absolute atomic E-state index is 0.0116.